The number of hydrogen-bond acceptors (Lipinski definition) is 5. The van der Waals surface area contributed by atoms with E-state index in [1.807, 2.05) is 42.6 Å². The molecule has 8 nitrogen and oxygen atoms in total. The lowest BCUT2D eigenvalue weighted by Crippen LogP contribution is -2.39. The van der Waals surface area contributed by atoms with Crippen molar-refractivity contribution < 1.29 is 14.3 Å². The molecule has 1 N–H and O–H groups in total. The number of benzene rings is 1. The van der Waals surface area contributed by atoms with Gasteiger partial charge in [0, 0.05) is 25.9 Å². The molecule has 1 aliphatic heterocycles. The molecular formula is C20H23N5O3. The summed E-state index contributed by atoms with van der Waals surface area (Å²) < 4.78 is 12.7. The molecule has 0 radical (unpaired) electrons. The van der Waals surface area contributed by atoms with Gasteiger partial charge in [0.05, 0.1) is 18.9 Å². The minimum absolute atomic E-state index is 0.0629. The van der Waals surface area contributed by atoms with Crippen LogP contribution in [-0.2, 0) is 11.3 Å². The number of pyridine rings is 1. The van der Waals surface area contributed by atoms with E-state index in [9.17, 15) is 4.79 Å². The van der Waals surface area contributed by atoms with Crippen LogP contribution in [0.2, 0.25) is 0 Å². The number of ether oxygens (including phenoxy) is 2. The van der Waals surface area contributed by atoms with Crippen molar-refractivity contribution >= 4 is 17.4 Å². The summed E-state index contributed by atoms with van der Waals surface area (Å²) in [5.41, 5.74) is 2.25. The van der Waals surface area contributed by atoms with E-state index < -0.39 is 0 Å². The fourth-order valence-electron chi connectivity index (χ4n) is 3.35. The van der Waals surface area contributed by atoms with Gasteiger partial charge >= 0.3 is 6.03 Å². The van der Waals surface area contributed by atoms with Gasteiger partial charge in [-0.25, -0.2) is 4.79 Å². The summed E-state index contributed by atoms with van der Waals surface area (Å²) in [5, 5.41) is 10.9. The second-order valence-electron chi connectivity index (χ2n) is 6.78. The number of nitrogens with zero attached hydrogens (tertiary/aromatic N) is 4. The van der Waals surface area contributed by atoms with Crippen molar-refractivity contribution in [3.63, 3.8) is 0 Å². The lowest BCUT2D eigenvalue weighted by atomic mass is 10.2. The lowest BCUT2D eigenvalue weighted by molar-refractivity contribution is 0.0819. The number of carbonyl (C=O) groups excluding carboxylic acids is 1. The maximum absolute atomic E-state index is 13.1. The van der Waals surface area contributed by atoms with Crippen molar-refractivity contribution in [1.29, 1.82) is 0 Å². The molecule has 0 aliphatic carbocycles. The van der Waals surface area contributed by atoms with E-state index in [0.717, 1.165) is 30.8 Å². The highest BCUT2D eigenvalue weighted by molar-refractivity contribution is 5.93. The SMILES string of the molecule is COc1ccc(CN(C[C@@H]2CCCO2)C(=O)Nc2cccn3cnnc23)cc1. The minimum atomic E-state index is -0.192. The molecule has 1 aromatic carbocycles. The Morgan fingerprint density at radius 2 is 2.21 bits per heavy atom. The molecule has 2 aromatic heterocycles. The second kappa shape index (κ2) is 8.26. The summed E-state index contributed by atoms with van der Waals surface area (Å²) in [6.45, 7) is 1.76. The zero-order valence-corrected chi connectivity index (χ0v) is 15.7. The number of amides is 2. The first-order valence-electron chi connectivity index (χ1n) is 9.32. The van der Waals surface area contributed by atoms with Crippen molar-refractivity contribution in [3.8, 4) is 5.75 Å². The highest BCUT2D eigenvalue weighted by atomic mass is 16.5. The molecule has 4 rings (SSSR count). The lowest BCUT2D eigenvalue weighted by Gasteiger charge is -2.26. The van der Waals surface area contributed by atoms with Crippen LogP contribution in [0.1, 0.15) is 18.4 Å². The van der Waals surface area contributed by atoms with Crippen LogP contribution in [0.4, 0.5) is 10.5 Å². The molecule has 1 aliphatic rings. The van der Waals surface area contributed by atoms with E-state index in [2.05, 4.69) is 15.5 Å². The van der Waals surface area contributed by atoms with Gasteiger partial charge in [0.2, 0.25) is 0 Å². The van der Waals surface area contributed by atoms with Crippen LogP contribution in [0, 0.1) is 0 Å². The van der Waals surface area contributed by atoms with Gasteiger partial charge in [-0.05, 0) is 42.7 Å². The van der Waals surface area contributed by atoms with Crippen LogP contribution in [0.5, 0.6) is 5.75 Å². The Bertz CT molecular complexity index is 934. The van der Waals surface area contributed by atoms with Crippen molar-refractivity contribution in [2.45, 2.75) is 25.5 Å². The first-order chi connectivity index (χ1) is 13.7. The fourth-order valence-corrected chi connectivity index (χ4v) is 3.35. The molecule has 2 amide bonds. The molecule has 1 saturated heterocycles. The number of carbonyl (C=O) groups is 1. The number of hydrogen-bond donors (Lipinski definition) is 1. The Hall–Kier alpha value is -3.13. The summed E-state index contributed by atoms with van der Waals surface area (Å²) in [5.74, 6) is 0.789. The molecule has 1 atom stereocenters. The Balaban J connectivity index is 1.52. The Morgan fingerprint density at radius 1 is 1.36 bits per heavy atom. The molecule has 0 spiro atoms. The molecule has 0 bridgehead atoms. The summed E-state index contributed by atoms with van der Waals surface area (Å²) in [6.07, 6.45) is 5.50. The summed E-state index contributed by atoms with van der Waals surface area (Å²) >= 11 is 0. The molecule has 0 saturated carbocycles. The summed E-state index contributed by atoms with van der Waals surface area (Å²) in [7, 11) is 1.64. The average molecular weight is 381 g/mol. The second-order valence-corrected chi connectivity index (χ2v) is 6.78. The largest absolute Gasteiger partial charge is 0.497 e. The van der Waals surface area contributed by atoms with Crippen LogP contribution in [0.15, 0.2) is 48.9 Å². The number of nitrogens with one attached hydrogen (secondary N) is 1. The van der Waals surface area contributed by atoms with Gasteiger partial charge in [0.1, 0.15) is 12.1 Å². The van der Waals surface area contributed by atoms with Gasteiger partial charge in [0.15, 0.2) is 5.65 Å². The number of fused-ring (bicyclic) bond motifs is 1. The third-order valence-corrected chi connectivity index (χ3v) is 4.83. The number of rotatable bonds is 6. The topological polar surface area (TPSA) is 81.0 Å². The maximum Gasteiger partial charge on any atom is 0.322 e. The monoisotopic (exact) mass is 381 g/mol. The predicted molar refractivity (Wildman–Crippen MR) is 104 cm³/mol. The van der Waals surface area contributed by atoms with E-state index in [1.54, 1.807) is 22.7 Å². The van der Waals surface area contributed by atoms with Gasteiger partial charge in [-0.3, -0.25) is 4.40 Å². The number of urea groups is 1. The van der Waals surface area contributed by atoms with E-state index in [1.165, 1.54) is 0 Å². The molecule has 3 heterocycles. The van der Waals surface area contributed by atoms with E-state index >= 15 is 0 Å². The molecule has 3 aromatic rings. The Morgan fingerprint density at radius 3 is 2.96 bits per heavy atom. The minimum Gasteiger partial charge on any atom is -0.497 e. The van der Waals surface area contributed by atoms with Gasteiger partial charge in [-0.1, -0.05) is 12.1 Å². The quantitative estimate of drug-likeness (QED) is 0.710. The van der Waals surface area contributed by atoms with Crippen molar-refractivity contribution in [2.24, 2.45) is 0 Å². The number of methoxy groups -OCH3 is 1. The normalized spacial score (nSPS) is 16.2. The standard InChI is InChI=1S/C20H23N5O3/c1-27-16-8-6-15(7-9-16)12-25(13-17-4-3-11-28-17)20(26)22-18-5-2-10-24-14-21-23-19(18)24/h2,5-10,14,17H,3-4,11-13H2,1H3,(H,22,26)/t17-/m0/s1. The van der Waals surface area contributed by atoms with E-state index in [4.69, 9.17) is 9.47 Å². The summed E-state index contributed by atoms with van der Waals surface area (Å²) in [4.78, 5) is 14.8. The Kier molecular flexibility index (Phi) is 5.38. The van der Waals surface area contributed by atoms with Gasteiger partial charge < -0.3 is 19.7 Å². The molecule has 146 valence electrons. The third kappa shape index (κ3) is 4.07. The third-order valence-electron chi connectivity index (χ3n) is 4.83. The van der Waals surface area contributed by atoms with Crippen LogP contribution >= 0.6 is 0 Å². The van der Waals surface area contributed by atoms with Gasteiger partial charge in [0.25, 0.3) is 0 Å². The zero-order valence-electron chi connectivity index (χ0n) is 15.7. The smallest absolute Gasteiger partial charge is 0.322 e. The molecule has 8 heteroatoms. The van der Waals surface area contributed by atoms with Gasteiger partial charge in [-0.2, -0.15) is 0 Å². The van der Waals surface area contributed by atoms with Crippen molar-refractivity contribution in [2.75, 3.05) is 25.6 Å². The van der Waals surface area contributed by atoms with Crippen LogP contribution < -0.4 is 10.1 Å². The first kappa shape index (κ1) is 18.2. The fraction of sp³-hybridized carbons (Fsp3) is 0.350. The summed E-state index contributed by atoms with van der Waals surface area (Å²) in [6, 6.07) is 11.2. The van der Waals surface area contributed by atoms with E-state index in [-0.39, 0.29) is 12.1 Å². The maximum atomic E-state index is 13.1. The highest BCUT2D eigenvalue weighted by Gasteiger charge is 2.23. The molecular weight excluding hydrogens is 358 g/mol. The van der Waals surface area contributed by atoms with Crippen molar-refractivity contribution in [1.82, 2.24) is 19.5 Å². The predicted octanol–water partition coefficient (Wildman–Crippen LogP) is 2.95. The van der Waals surface area contributed by atoms with Crippen molar-refractivity contribution in [3.05, 3.63) is 54.5 Å². The van der Waals surface area contributed by atoms with Crippen LogP contribution in [-0.4, -0.2) is 51.9 Å². The zero-order chi connectivity index (χ0) is 19.3. The number of anilines is 1. The van der Waals surface area contributed by atoms with E-state index in [0.29, 0.717) is 24.4 Å². The highest BCUT2D eigenvalue weighted by Crippen LogP contribution is 2.19. The average Bonchev–Trinajstić information content (AvgIpc) is 3.40. The molecule has 0 unspecified atom stereocenters. The number of aromatic nitrogens is 3. The van der Waals surface area contributed by atoms with Crippen LogP contribution in [0.25, 0.3) is 5.65 Å². The van der Waals surface area contributed by atoms with Gasteiger partial charge in [-0.15, -0.1) is 10.2 Å². The molecule has 28 heavy (non-hydrogen) atoms. The molecule has 1 fully saturated rings. The first-order valence-corrected chi connectivity index (χ1v) is 9.32. The van der Waals surface area contributed by atoms with Crippen LogP contribution in [0.3, 0.4) is 0 Å². The Labute approximate surface area is 163 Å².